The lowest BCUT2D eigenvalue weighted by atomic mass is 10.1. The second kappa shape index (κ2) is 7.06. The van der Waals surface area contributed by atoms with E-state index in [4.69, 9.17) is 28.9 Å². The molecule has 0 unspecified atom stereocenters. The number of alkyl halides is 3. The predicted octanol–water partition coefficient (Wildman–Crippen LogP) is 3.88. The van der Waals surface area contributed by atoms with E-state index in [1.165, 1.54) is 18.3 Å². The predicted molar refractivity (Wildman–Crippen MR) is 81.8 cm³/mol. The zero-order chi connectivity index (χ0) is 17.9. The first-order chi connectivity index (χ1) is 11.2. The lowest BCUT2D eigenvalue weighted by Crippen LogP contribution is -2.17. The van der Waals surface area contributed by atoms with Gasteiger partial charge in [-0.2, -0.15) is 13.2 Å². The van der Waals surface area contributed by atoms with Gasteiger partial charge in [0.05, 0.1) is 10.6 Å². The molecule has 0 amide bonds. The first-order valence-corrected chi connectivity index (χ1v) is 6.97. The Kier molecular flexibility index (Phi) is 5.30. The van der Waals surface area contributed by atoms with Gasteiger partial charge in [-0.1, -0.05) is 40.5 Å². The van der Waals surface area contributed by atoms with Crippen molar-refractivity contribution in [3.8, 4) is 0 Å². The maximum Gasteiger partial charge on any atom is 0.416 e. The number of halogens is 5. The van der Waals surface area contributed by atoms with Crippen LogP contribution in [0.5, 0.6) is 0 Å². The maximum atomic E-state index is 12.6. The van der Waals surface area contributed by atoms with Gasteiger partial charge >= 0.3 is 12.1 Å². The van der Waals surface area contributed by atoms with Crippen molar-refractivity contribution >= 4 is 35.0 Å². The van der Waals surface area contributed by atoms with Crippen molar-refractivity contribution in [2.24, 2.45) is 10.9 Å². The lowest BCUT2D eigenvalue weighted by Gasteiger charge is -2.08. The highest BCUT2D eigenvalue weighted by atomic mass is 35.5. The van der Waals surface area contributed by atoms with E-state index in [-0.39, 0.29) is 21.3 Å². The van der Waals surface area contributed by atoms with E-state index in [0.717, 1.165) is 18.2 Å². The molecule has 0 bridgehead atoms. The van der Waals surface area contributed by atoms with Crippen LogP contribution in [0.4, 0.5) is 13.2 Å². The molecule has 0 saturated heterocycles. The number of hydrogen-bond donors (Lipinski definition) is 1. The first kappa shape index (κ1) is 18.0. The number of carbonyl (C=O) groups is 1. The summed E-state index contributed by atoms with van der Waals surface area (Å²) in [5.74, 6) is -1.43. The smallest absolute Gasteiger partial charge is 0.380 e. The second-order valence-electron chi connectivity index (χ2n) is 4.43. The van der Waals surface area contributed by atoms with Gasteiger partial charge in [0.25, 0.3) is 0 Å². The van der Waals surface area contributed by atoms with E-state index in [0.29, 0.717) is 0 Å². The maximum absolute atomic E-state index is 12.6. The number of rotatable bonds is 3. The highest BCUT2D eigenvalue weighted by molar-refractivity contribution is 6.34. The molecule has 1 aromatic carbocycles. The normalized spacial score (nSPS) is 12.1. The fourth-order valence-electron chi connectivity index (χ4n) is 1.61. The summed E-state index contributed by atoms with van der Waals surface area (Å²) in [6.07, 6.45) is -3.31. The van der Waals surface area contributed by atoms with Crippen LogP contribution < -0.4 is 5.73 Å². The molecule has 24 heavy (non-hydrogen) atoms. The Morgan fingerprint density at radius 3 is 2.62 bits per heavy atom. The minimum Gasteiger partial charge on any atom is -0.380 e. The lowest BCUT2D eigenvalue weighted by molar-refractivity contribution is -0.137. The summed E-state index contributed by atoms with van der Waals surface area (Å²) in [5.41, 5.74) is 4.40. The fourth-order valence-corrected chi connectivity index (χ4v) is 1.95. The van der Waals surface area contributed by atoms with Crippen LogP contribution in [0.3, 0.4) is 0 Å². The fraction of sp³-hybridized carbons (Fsp3) is 0.0714. The van der Waals surface area contributed by atoms with Crippen LogP contribution in [0, 0.1) is 0 Å². The number of hydrogen-bond acceptors (Lipinski definition) is 4. The molecule has 0 fully saturated rings. The minimum absolute atomic E-state index is 0.0621. The van der Waals surface area contributed by atoms with Crippen molar-refractivity contribution in [3.63, 3.8) is 0 Å². The van der Waals surface area contributed by atoms with E-state index in [1.54, 1.807) is 0 Å². The molecule has 2 rings (SSSR count). The Morgan fingerprint density at radius 1 is 1.25 bits per heavy atom. The third-order valence-electron chi connectivity index (χ3n) is 2.74. The number of aromatic nitrogens is 1. The molecule has 2 aromatic rings. The van der Waals surface area contributed by atoms with Crippen molar-refractivity contribution in [2.45, 2.75) is 6.18 Å². The average molecular weight is 378 g/mol. The van der Waals surface area contributed by atoms with Gasteiger partial charge in [-0.3, -0.25) is 0 Å². The molecule has 1 aromatic heterocycles. The molecule has 10 heteroatoms. The van der Waals surface area contributed by atoms with Crippen LogP contribution in [-0.4, -0.2) is 16.8 Å². The van der Waals surface area contributed by atoms with Crippen molar-refractivity contribution in [3.05, 3.63) is 63.4 Å². The van der Waals surface area contributed by atoms with E-state index >= 15 is 0 Å². The van der Waals surface area contributed by atoms with Gasteiger partial charge in [-0.05, 0) is 18.2 Å². The van der Waals surface area contributed by atoms with Gasteiger partial charge in [0.1, 0.15) is 10.7 Å². The van der Waals surface area contributed by atoms with Gasteiger partial charge in [-0.25, -0.2) is 9.78 Å². The Bertz CT molecular complexity index is 810. The molecule has 5 nitrogen and oxygen atoms in total. The molecule has 0 aliphatic heterocycles. The number of oxime groups is 1. The zero-order valence-electron chi connectivity index (χ0n) is 11.6. The van der Waals surface area contributed by atoms with Gasteiger partial charge in [0, 0.05) is 11.8 Å². The second-order valence-corrected chi connectivity index (χ2v) is 5.22. The van der Waals surface area contributed by atoms with E-state index in [1.807, 2.05) is 0 Å². The Morgan fingerprint density at radius 2 is 1.96 bits per heavy atom. The SMILES string of the molecule is N/C(=N\OC(=O)c1cc(Cl)cnc1Cl)c1cccc(C(F)(F)F)c1. The van der Waals surface area contributed by atoms with Gasteiger partial charge in [-0.15, -0.1) is 0 Å². The third kappa shape index (κ3) is 4.36. The molecule has 0 aliphatic rings. The molecule has 1 heterocycles. The van der Waals surface area contributed by atoms with Crippen molar-refractivity contribution < 1.29 is 22.8 Å². The minimum atomic E-state index is -4.53. The van der Waals surface area contributed by atoms with Crippen molar-refractivity contribution in [1.82, 2.24) is 4.98 Å². The monoisotopic (exact) mass is 377 g/mol. The Hall–Kier alpha value is -2.32. The highest BCUT2D eigenvalue weighted by Crippen LogP contribution is 2.29. The summed E-state index contributed by atoms with van der Waals surface area (Å²) < 4.78 is 37.9. The summed E-state index contributed by atoms with van der Waals surface area (Å²) in [7, 11) is 0. The number of nitrogens with zero attached hydrogens (tertiary/aromatic N) is 2. The number of nitrogens with two attached hydrogens (primary N) is 1. The summed E-state index contributed by atoms with van der Waals surface area (Å²) in [5, 5.41) is 3.28. The molecule has 126 valence electrons. The topological polar surface area (TPSA) is 77.6 Å². The van der Waals surface area contributed by atoms with Crippen LogP contribution in [-0.2, 0) is 11.0 Å². The van der Waals surface area contributed by atoms with Crippen LogP contribution in [0.1, 0.15) is 21.5 Å². The molecule has 2 N–H and O–H groups in total. The summed E-state index contributed by atoms with van der Waals surface area (Å²) in [4.78, 5) is 20.0. The van der Waals surface area contributed by atoms with Crippen LogP contribution >= 0.6 is 23.2 Å². The summed E-state index contributed by atoms with van der Waals surface area (Å²) >= 11 is 11.4. The molecule has 0 saturated carbocycles. The van der Waals surface area contributed by atoms with Crippen LogP contribution in [0.2, 0.25) is 10.2 Å². The largest absolute Gasteiger partial charge is 0.416 e. The zero-order valence-corrected chi connectivity index (χ0v) is 13.2. The molecular weight excluding hydrogens is 370 g/mol. The molecule has 0 spiro atoms. The summed E-state index contributed by atoms with van der Waals surface area (Å²) in [6.45, 7) is 0. The number of amidine groups is 1. The number of benzene rings is 1. The average Bonchev–Trinajstić information content (AvgIpc) is 2.54. The third-order valence-corrected chi connectivity index (χ3v) is 3.25. The first-order valence-electron chi connectivity index (χ1n) is 6.22. The van der Waals surface area contributed by atoms with E-state index in [2.05, 4.69) is 15.0 Å². The van der Waals surface area contributed by atoms with Crippen molar-refractivity contribution in [2.75, 3.05) is 0 Å². The highest BCUT2D eigenvalue weighted by Gasteiger charge is 2.30. The van der Waals surface area contributed by atoms with Crippen LogP contribution in [0.25, 0.3) is 0 Å². The Labute approximate surface area is 143 Å². The molecular formula is C14H8Cl2F3N3O2. The molecule has 0 atom stereocenters. The number of pyridine rings is 1. The standard InChI is InChI=1S/C14H8Cl2F3N3O2/c15-9-5-10(11(16)21-6-9)13(23)24-22-12(20)7-2-1-3-8(4-7)14(17,18)19/h1-6H,(H2,20,22). The van der Waals surface area contributed by atoms with E-state index in [9.17, 15) is 18.0 Å². The van der Waals surface area contributed by atoms with Gasteiger partial charge in [0.15, 0.2) is 5.84 Å². The quantitative estimate of drug-likeness (QED) is 0.289. The Balaban J connectivity index is 2.20. The summed E-state index contributed by atoms with van der Waals surface area (Å²) in [6, 6.07) is 5.30. The number of carbonyl (C=O) groups excluding carboxylic acids is 1. The van der Waals surface area contributed by atoms with E-state index < -0.39 is 23.5 Å². The van der Waals surface area contributed by atoms with Crippen LogP contribution in [0.15, 0.2) is 41.7 Å². The molecule has 0 aliphatic carbocycles. The molecule has 0 radical (unpaired) electrons. The van der Waals surface area contributed by atoms with Gasteiger partial charge < -0.3 is 10.6 Å². The van der Waals surface area contributed by atoms with Crippen molar-refractivity contribution in [1.29, 1.82) is 0 Å². The van der Waals surface area contributed by atoms with Gasteiger partial charge in [0.2, 0.25) is 0 Å².